The molecule has 1 amide bonds. The number of aryl methyl sites for hydroxylation is 2. The maximum Gasteiger partial charge on any atom is 0.257 e. The Bertz CT molecular complexity index is 632. The minimum absolute atomic E-state index is 0.126. The van der Waals surface area contributed by atoms with Gasteiger partial charge in [0.05, 0.1) is 22.6 Å². The number of hydrogen-bond acceptors (Lipinski definition) is 3. The predicted molar refractivity (Wildman–Crippen MR) is 66.8 cm³/mol. The van der Waals surface area contributed by atoms with Crippen LogP contribution in [0.15, 0.2) is 12.1 Å². The molecule has 0 spiro atoms. The largest absolute Gasteiger partial charge is 0.398 e. The number of nitrogens with zero attached hydrogens (tertiary/aromatic N) is 1. The van der Waals surface area contributed by atoms with Crippen LogP contribution >= 0.6 is 0 Å². The number of nitrogens with one attached hydrogen (secondary N) is 2. The molecule has 1 heterocycles. The summed E-state index contributed by atoms with van der Waals surface area (Å²) in [5.74, 6) is -2.84. The van der Waals surface area contributed by atoms with E-state index >= 15 is 0 Å². The molecule has 0 atom stereocenters. The number of carbonyl (C=O) groups excluding carboxylic acids is 1. The Hall–Kier alpha value is -2.44. The SMILES string of the molecule is Cc1n[nH]c(C)c1NC(=O)c1cc(F)c(F)cc1N. The maximum atomic E-state index is 13.1. The lowest BCUT2D eigenvalue weighted by atomic mass is 10.1. The third kappa shape index (κ3) is 2.40. The third-order valence-corrected chi connectivity index (χ3v) is 2.70. The molecule has 0 fully saturated rings. The summed E-state index contributed by atoms with van der Waals surface area (Å²) in [6, 6.07) is 1.55. The molecule has 5 nitrogen and oxygen atoms in total. The van der Waals surface area contributed by atoms with Gasteiger partial charge in [0.2, 0.25) is 0 Å². The lowest BCUT2D eigenvalue weighted by Gasteiger charge is -2.08. The molecule has 0 unspecified atom stereocenters. The van der Waals surface area contributed by atoms with E-state index in [4.69, 9.17) is 5.73 Å². The van der Waals surface area contributed by atoms with Crippen LogP contribution < -0.4 is 11.1 Å². The smallest absolute Gasteiger partial charge is 0.257 e. The lowest BCUT2D eigenvalue weighted by molar-refractivity contribution is 0.102. The molecule has 0 saturated carbocycles. The molecule has 100 valence electrons. The molecule has 0 aliphatic rings. The van der Waals surface area contributed by atoms with Crippen molar-refractivity contribution in [3.8, 4) is 0 Å². The van der Waals surface area contributed by atoms with Crippen molar-refractivity contribution in [1.82, 2.24) is 10.2 Å². The van der Waals surface area contributed by atoms with Crippen LogP contribution in [0.3, 0.4) is 0 Å². The van der Waals surface area contributed by atoms with E-state index < -0.39 is 17.5 Å². The molecule has 2 aromatic rings. The average molecular weight is 266 g/mol. The monoisotopic (exact) mass is 266 g/mol. The van der Waals surface area contributed by atoms with Gasteiger partial charge in [-0.3, -0.25) is 9.89 Å². The van der Waals surface area contributed by atoms with Gasteiger partial charge in [-0.2, -0.15) is 5.10 Å². The van der Waals surface area contributed by atoms with Gasteiger partial charge in [-0.05, 0) is 19.9 Å². The fraction of sp³-hybridized carbons (Fsp3) is 0.167. The highest BCUT2D eigenvalue weighted by Crippen LogP contribution is 2.21. The standard InChI is InChI=1S/C12H12F2N4O/c1-5-11(6(2)18-17-5)16-12(19)7-3-8(13)9(14)4-10(7)15/h3-4H,15H2,1-2H3,(H,16,19)(H,17,18). The van der Waals surface area contributed by atoms with Gasteiger partial charge in [-0.25, -0.2) is 8.78 Å². The number of anilines is 2. The van der Waals surface area contributed by atoms with Crippen molar-refractivity contribution >= 4 is 17.3 Å². The van der Waals surface area contributed by atoms with Crippen molar-refractivity contribution in [2.24, 2.45) is 0 Å². The highest BCUT2D eigenvalue weighted by molar-refractivity contribution is 6.08. The molecule has 0 radical (unpaired) electrons. The molecular weight excluding hydrogens is 254 g/mol. The maximum absolute atomic E-state index is 13.1. The summed E-state index contributed by atoms with van der Waals surface area (Å²) >= 11 is 0. The minimum Gasteiger partial charge on any atom is -0.398 e. The summed E-state index contributed by atoms with van der Waals surface area (Å²) in [6.07, 6.45) is 0. The number of nitrogen functional groups attached to an aromatic ring is 1. The second-order valence-electron chi connectivity index (χ2n) is 4.12. The van der Waals surface area contributed by atoms with E-state index in [1.807, 2.05) is 0 Å². The summed E-state index contributed by atoms with van der Waals surface area (Å²) in [4.78, 5) is 12.0. The number of rotatable bonds is 2. The highest BCUT2D eigenvalue weighted by atomic mass is 19.2. The van der Waals surface area contributed by atoms with E-state index in [2.05, 4.69) is 15.5 Å². The first-order chi connectivity index (χ1) is 8.90. The highest BCUT2D eigenvalue weighted by Gasteiger charge is 2.17. The van der Waals surface area contributed by atoms with Gasteiger partial charge in [0, 0.05) is 11.8 Å². The van der Waals surface area contributed by atoms with Crippen LogP contribution in [0.4, 0.5) is 20.2 Å². The number of nitrogens with two attached hydrogens (primary N) is 1. The number of aromatic nitrogens is 2. The van der Waals surface area contributed by atoms with Crippen molar-refractivity contribution in [3.63, 3.8) is 0 Å². The Balaban J connectivity index is 2.33. The Morgan fingerprint density at radius 1 is 1.32 bits per heavy atom. The molecule has 4 N–H and O–H groups in total. The summed E-state index contributed by atoms with van der Waals surface area (Å²) in [7, 11) is 0. The number of benzene rings is 1. The first-order valence-electron chi connectivity index (χ1n) is 5.47. The van der Waals surface area contributed by atoms with Crippen LogP contribution in [0.25, 0.3) is 0 Å². The summed E-state index contributed by atoms with van der Waals surface area (Å²) in [5.41, 5.74) is 6.99. The minimum atomic E-state index is -1.13. The molecule has 7 heteroatoms. The van der Waals surface area contributed by atoms with Crippen molar-refractivity contribution in [2.75, 3.05) is 11.1 Å². The van der Waals surface area contributed by atoms with Crippen molar-refractivity contribution < 1.29 is 13.6 Å². The number of hydrogen-bond donors (Lipinski definition) is 3. The topological polar surface area (TPSA) is 83.8 Å². The molecule has 1 aromatic heterocycles. The van der Waals surface area contributed by atoms with Crippen LogP contribution in [0, 0.1) is 25.5 Å². The van der Waals surface area contributed by atoms with Crippen LogP contribution in [0.2, 0.25) is 0 Å². The zero-order valence-corrected chi connectivity index (χ0v) is 10.3. The zero-order valence-electron chi connectivity index (χ0n) is 10.3. The molecule has 0 bridgehead atoms. The fourth-order valence-electron chi connectivity index (χ4n) is 1.67. The van der Waals surface area contributed by atoms with Gasteiger partial charge in [-0.1, -0.05) is 0 Å². The van der Waals surface area contributed by atoms with Gasteiger partial charge in [0.1, 0.15) is 0 Å². The molecular formula is C12H12F2N4O. The van der Waals surface area contributed by atoms with Gasteiger partial charge >= 0.3 is 0 Å². The Kier molecular flexibility index (Phi) is 3.20. The Labute approximate surface area is 107 Å². The van der Waals surface area contributed by atoms with E-state index in [1.54, 1.807) is 13.8 Å². The molecule has 1 aromatic carbocycles. The van der Waals surface area contributed by atoms with E-state index in [0.717, 1.165) is 12.1 Å². The first-order valence-corrected chi connectivity index (χ1v) is 5.47. The second-order valence-corrected chi connectivity index (χ2v) is 4.12. The van der Waals surface area contributed by atoms with Gasteiger partial charge in [-0.15, -0.1) is 0 Å². The number of carbonyl (C=O) groups is 1. The van der Waals surface area contributed by atoms with Gasteiger partial charge in [0.25, 0.3) is 5.91 Å². The van der Waals surface area contributed by atoms with Gasteiger partial charge in [0.15, 0.2) is 11.6 Å². The molecule has 19 heavy (non-hydrogen) atoms. The van der Waals surface area contributed by atoms with Crippen molar-refractivity contribution in [2.45, 2.75) is 13.8 Å². The van der Waals surface area contributed by atoms with Crippen LogP contribution in [-0.4, -0.2) is 16.1 Å². The van der Waals surface area contributed by atoms with Gasteiger partial charge < -0.3 is 11.1 Å². The number of halogens is 2. The molecule has 0 saturated heterocycles. The number of aromatic amines is 1. The van der Waals surface area contributed by atoms with E-state index in [-0.39, 0.29) is 11.3 Å². The summed E-state index contributed by atoms with van der Waals surface area (Å²) in [6.45, 7) is 3.43. The average Bonchev–Trinajstić information content (AvgIpc) is 2.65. The van der Waals surface area contributed by atoms with Crippen LogP contribution in [0.5, 0.6) is 0 Å². The first kappa shape index (κ1) is 13.0. The molecule has 0 aliphatic carbocycles. The quantitative estimate of drug-likeness (QED) is 0.728. The van der Waals surface area contributed by atoms with Crippen LogP contribution in [-0.2, 0) is 0 Å². The predicted octanol–water partition coefficient (Wildman–Crippen LogP) is 2.14. The summed E-state index contributed by atoms with van der Waals surface area (Å²) in [5, 5.41) is 9.17. The van der Waals surface area contributed by atoms with E-state index in [1.165, 1.54) is 0 Å². The van der Waals surface area contributed by atoms with Crippen molar-refractivity contribution in [3.05, 3.63) is 40.7 Å². The number of H-pyrrole nitrogens is 1. The molecule has 2 rings (SSSR count). The molecule has 0 aliphatic heterocycles. The zero-order chi connectivity index (χ0) is 14.2. The second kappa shape index (κ2) is 4.68. The third-order valence-electron chi connectivity index (χ3n) is 2.70. The van der Waals surface area contributed by atoms with Crippen LogP contribution in [0.1, 0.15) is 21.7 Å². The number of amides is 1. The van der Waals surface area contributed by atoms with E-state index in [0.29, 0.717) is 17.1 Å². The Morgan fingerprint density at radius 3 is 2.53 bits per heavy atom. The summed E-state index contributed by atoms with van der Waals surface area (Å²) < 4.78 is 26.1. The fourth-order valence-corrected chi connectivity index (χ4v) is 1.67. The van der Waals surface area contributed by atoms with Crippen molar-refractivity contribution in [1.29, 1.82) is 0 Å². The normalized spacial score (nSPS) is 10.5. The lowest BCUT2D eigenvalue weighted by Crippen LogP contribution is -2.15. The Morgan fingerprint density at radius 2 is 1.95 bits per heavy atom. The van der Waals surface area contributed by atoms with E-state index in [9.17, 15) is 13.6 Å².